The van der Waals surface area contributed by atoms with E-state index >= 15 is 0 Å². The zero-order valence-corrected chi connectivity index (χ0v) is 11.7. The molecule has 18 heavy (non-hydrogen) atoms. The average Bonchev–Trinajstić information content (AvgIpc) is 2.38. The van der Waals surface area contributed by atoms with Gasteiger partial charge in [0.2, 0.25) is 5.91 Å². The predicted octanol–water partition coefficient (Wildman–Crippen LogP) is -0.369. The smallest absolute Gasteiger partial charge is 0.223 e. The van der Waals surface area contributed by atoms with Crippen molar-refractivity contribution in [2.45, 2.75) is 12.5 Å². The van der Waals surface area contributed by atoms with E-state index < -0.39 is 0 Å². The molecule has 5 heteroatoms. The van der Waals surface area contributed by atoms with Crippen LogP contribution in [0.3, 0.4) is 0 Å². The van der Waals surface area contributed by atoms with Gasteiger partial charge < -0.3 is 19.9 Å². The van der Waals surface area contributed by atoms with Crippen LogP contribution in [0.25, 0.3) is 0 Å². The standard InChI is InChI=1S/C13H25N3O2/c1-14-13(17)10-4-5-15(2)8-11(10)12-9-16(3)6-7-18-12/h10-12H,4-9H2,1-3H3,(H,14,17). The minimum atomic E-state index is 0.0997. The Balaban J connectivity index is 2.06. The maximum absolute atomic E-state index is 12.0. The number of hydrogen-bond donors (Lipinski definition) is 1. The highest BCUT2D eigenvalue weighted by Gasteiger charge is 2.39. The largest absolute Gasteiger partial charge is 0.375 e. The van der Waals surface area contributed by atoms with E-state index in [1.165, 1.54) is 0 Å². The fraction of sp³-hybridized carbons (Fsp3) is 0.923. The number of amides is 1. The number of likely N-dealkylation sites (tertiary alicyclic amines) is 1. The van der Waals surface area contributed by atoms with Crippen LogP contribution in [0.1, 0.15) is 6.42 Å². The third-order valence-electron chi connectivity index (χ3n) is 4.22. The Morgan fingerprint density at radius 1 is 1.22 bits per heavy atom. The van der Waals surface area contributed by atoms with Crippen molar-refractivity contribution in [1.82, 2.24) is 15.1 Å². The number of hydrogen-bond acceptors (Lipinski definition) is 4. The number of likely N-dealkylation sites (N-methyl/N-ethyl adjacent to an activating group) is 1. The quantitative estimate of drug-likeness (QED) is 0.731. The molecule has 1 N–H and O–H groups in total. The molecule has 2 fully saturated rings. The van der Waals surface area contributed by atoms with Crippen LogP contribution in [-0.2, 0) is 9.53 Å². The Hall–Kier alpha value is -0.650. The molecule has 5 nitrogen and oxygen atoms in total. The molecule has 2 aliphatic rings. The summed E-state index contributed by atoms with van der Waals surface area (Å²) in [6.45, 7) is 4.66. The summed E-state index contributed by atoms with van der Waals surface area (Å²) < 4.78 is 5.91. The van der Waals surface area contributed by atoms with Gasteiger partial charge in [-0.25, -0.2) is 0 Å². The number of carbonyl (C=O) groups is 1. The molecule has 2 heterocycles. The summed E-state index contributed by atoms with van der Waals surface area (Å²) in [7, 11) is 5.97. The highest BCUT2D eigenvalue weighted by molar-refractivity contribution is 5.78. The number of nitrogens with zero attached hydrogens (tertiary/aromatic N) is 2. The van der Waals surface area contributed by atoms with E-state index in [0.29, 0.717) is 5.92 Å². The molecule has 0 aromatic carbocycles. The number of nitrogens with one attached hydrogen (secondary N) is 1. The predicted molar refractivity (Wildman–Crippen MR) is 70.4 cm³/mol. The Kier molecular flexibility index (Phi) is 4.59. The van der Waals surface area contributed by atoms with Crippen LogP contribution in [0, 0.1) is 11.8 Å². The third kappa shape index (κ3) is 3.02. The number of ether oxygens (including phenoxy) is 1. The first-order valence-electron chi connectivity index (χ1n) is 6.82. The summed E-state index contributed by atoms with van der Waals surface area (Å²) >= 11 is 0. The molecule has 0 saturated carbocycles. The van der Waals surface area contributed by atoms with Gasteiger partial charge in [-0.05, 0) is 27.1 Å². The molecule has 1 amide bonds. The van der Waals surface area contributed by atoms with Crippen molar-refractivity contribution >= 4 is 5.91 Å². The van der Waals surface area contributed by atoms with E-state index in [0.717, 1.165) is 39.2 Å². The summed E-state index contributed by atoms with van der Waals surface area (Å²) in [6.07, 6.45) is 1.12. The van der Waals surface area contributed by atoms with Gasteiger partial charge in [0.25, 0.3) is 0 Å². The molecule has 0 bridgehead atoms. The highest BCUT2D eigenvalue weighted by Crippen LogP contribution is 2.29. The second-order valence-electron chi connectivity index (χ2n) is 5.61. The molecule has 104 valence electrons. The lowest BCUT2D eigenvalue weighted by molar-refractivity contribution is -0.135. The highest BCUT2D eigenvalue weighted by atomic mass is 16.5. The molecule has 0 aliphatic carbocycles. The lowest BCUT2D eigenvalue weighted by atomic mass is 9.80. The van der Waals surface area contributed by atoms with Crippen molar-refractivity contribution < 1.29 is 9.53 Å². The molecular formula is C13H25N3O2. The fourth-order valence-electron chi connectivity index (χ4n) is 3.11. The van der Waals surface area contributed by atoms with E-state index in [-0.39, 0.29) is 17.9 Å². The lowest BCUT2D eigenvalue weighted by Crippen LogP contribution is -2.54. The Morgan fingerprint density at radius 3 is 2.61 bits per heavy atom. The van der Waals surface area contributed by atoms with Gasteiger partial charge in [0, 0.05) is 38.5 Å². The molecule has 3 unspecified atom stereocenters. The van der Waals surface area contributed by atoms with Crippen LogP contribution in [0.5, 0.6) is 0 Å². The van der Waals surface area contributed by atoms with E-state index in [1.54, 1.807) is 7.05 Å². The first kappa shape index (κ1) is 13.8. The summed E-state index contributed by atoms with van der Waals surface area (Å²) in [6, 6.07) is 0. The summed E-state index contributed by atoms with van der Waals surface area (Å²) in [5, 5.41) is 2.80. The van der Waals surface area contributed by atoms with Crippen LogP contribution < -0.4 is 5.32 Å². The Morgan fingerprint density at radius 2 is 1.94 bits per heavy atom. The van der Waals surface area contributed by atoms with E-state index in [2.05, 4.69) is 29.2 Å². The molecule has 2 rings (SSSR count). The SMILES string of the molecule is CNC(=O)C1CCN(C)CC1C1CN(C)CCO1. The van der Waals surface area contributed by atoms with Crippen LogP contribution in [-0.4, -0.2) is 75.7 Å². The maximum atomic E-state index is 12.0. The van der Waals surface area contributed by atoms with Crippen molar-refractivity contribution in [3.05, 3.63) is 0 Å². The minimum Gasteiger partial charge on any atom is -0.375 e. The van der Waals surface area contributed by atoms with Crippen LogP contribution in [0.15, 0.2) is 0 Å². The number of rotatable bonds is 2. The molecule has 0 radical (unpaired) electrons. The molecule has 3 atom stereocenters. The number of morpholine rings is 1. The zero-order chi connectivity index (χ0) is 13.1. The first-order valence-corrected chi connectivity index (χ1v) is 6.82. The normalized spacial score (nSPS) is 35.4. The van der Waals surface area contributed by atoms with Crippen molar-refractivity contribution in [3.63, 3.8) is 0 Å². The molecule has 0 spiro atoms. The first-order chi connectivity index (χ1) is 8.61. The van der Waals surface area contributed by atoms with Crippen molar-refractivity contribution in [2.24, 2.45) is 11.8 Å². The number of piperidine rings is 1. The molecular weight excluding hydrogens is 230 g/mol. The molecule has 2 aliphatic heterocycles. The van der Waals surface area contributed by atoms with Crippen LogP contribution in [0.4, 0.5) is 0 Å². The van der Waals surface area contributed by atoms with E-state index in [4.69, 9.17) is 4.74 Å². The average molecular weight is 255 g/mol. The van der Waals surface area contributed by atoms with E-state index in [1.807, 2.05) is 0 Å². The monoisotopic (exact) mass is 255 g/mol. The Bertz CT molecular complexity index is 298. The summed E-state index contributed by atoms with van der Waals surface area (Å²) in [5.74, 6) is 0.582. The van der Waals surface area contributed by atoms with Crippen molar-refractivity contribution in [1.29, 1.82) is 0 Å². The second-order valence-corrected chi connectivity index (χ2v) is 5.61. The van der Waals surface area contributed by atoms with Gasteiger partial charge in [0.05, 0.1) is 12.7 Å². The van der Waals surface area contributed by atoms with Gasteiger partial charge in [-0.1, -0.05) is 0 Å². The molecule has 0 aromatic heterocycles. The second kappa shape index (κ2) is 5.99. The third-order valence-corrected chi connectivity index (χ3v) is 4.22. The topological polar surface area (TPSA) is 44.8 Å². The van der Waals surface area contributed by atoms with Gasteiger partial charge in [-0.3, -0.25) is 4.79 Å². The maximum Gasteiger partial charge on any atom is 0.223 e. The summed E-state index contributed by atoms with van der Waals surface area (Å²) in [5.41, 5.74) is 0. The van der Waals surface area contributed by atoms with E-state index in [9.17, 15) is 4.79 Å². The van der Waals surface area contributed by atoms with Gasteiger partial charge in [0.1, 0.15) is 0 Å². The van der Waals surface area contributed by atoms with Gasteiger partial charge in [0.15, 0.2) is 0 Å². The van der Waals surface area contributed by atoms with Gasteiger partial charge in [-0.15, -0.1) is 0 Å². The van der Waals surface area contributed by atoms with Crippen LogP contribution in [0.2, 0.25) is 0 Å². The van der Waals surface area contributed by atoms with Gasteiger partial charge in [-0.2, -0.15) is 0 Å². The molecule has 2 saturated heterocycles. The molecule has 0 aromatic rings. The Labute approximate surface area is 109 Å². The lowest BCUT2D eigenvalue weighted by Gasteiger charge is -2.42. The fourth-order valence-corrected chi connectivity index (χ4v) is 3.11. The van der Waals surface area contributed by atoms with Crippen LogP contribution >= 0.6 is 0 Å². The zero-order valence-electron chi connectivity index (χ0n) is 11.7. The van der Waals surface area contributed by atoms with Gasteiger partial charge >= 0.3 is 0 Å². The van der Waals surface area contributed by atoms with Crippen molar-refractivity contribution in [3.8, 4) is 0 Å². The summed E-state index contributed by atoms with van der Waals surface area (Å²) in [4.78, 5) is 16.6. The van der Waals surface area contributed by atoms with Crippen molar-refractivity contribution in [2.75, 3.05) is 53.9 Å². The minimum absolute atomic E-state index is 0.0997. The number of carbonyl (C=O) groups excluding carboxylic acids is 1.